The molecule has 0 amide bonds. The van der Waals surface area contributed by atoms with Crippen LogP contribution in [0.15, 0.2) is 152 Å². The largest absolute Gasteiger partial charge is 0.311 e. The molecule has 6 rings (SSSR count). The highest BCUT2D eigenvalue weighted by Crippen LogP contribution is 2.34. The molecule has 208 valence electrons. The second-order valence-electron chi connectivity index (χ2n) is 10.8. The number of hydrogen-bond acceptors (Lipinski definition) is 1. The van der Waals surface area contributed by atoms with Gasteiger partial charge in [-0.25, -0.2) is 0 Å². The van der Waals surface area contributed by atoms with Gasteiger partial charge in [0.2, 0.25) is 0 Å². The fourth-order valence-corrected chi connectivity index (χ4v) is 5.47. The minimum atomic E-state index is 1.13. The maximum absolute atomic E-state index is 2.28. The van der Waals surface area contributed by atoms with E-state index in [4.69, 9.17) is 0 Å². The third-order valence-electron chi connectivity index (χ3n) is 7.71. The van der Waals surface area contributed by atoms with E-state index < -0.39 is 0 Å². The Morgan fingerprint density at radius 3 is 1.14 bits per heavy atom. The molecular formula is C42H35N. The lowest BCUT2D eigenvalue weighted by molar-refractivity contribution is 1.28. The van der Waals surface area contributed by atoms with Gasteiger partial charge in [-0.2, -0.15) is 0 Å². The zero-order chi connectivity index (χ0) is 29.4. The number of rotatable bonds is 8. The van der Waals surface area contributed by atoms with E-state index in [9.17, 15) is 0 Å². The molecule has 6 aromatic rings. The summed E-state index contributed by atoms with van der Waals surface area (Å²) in [6.45, 7) is 4.40. The van der Waals surface area contributed by atoms with E-state index in [1.54, 1.807) is 0 Å². The van der Waals surface area contributed by atoms with Crippen LogP contribution < -0.4 is 4.90 Å². The summed E-state index contributed by atoms with van der Waals surface area (Å²) in [4.78, 5) is 2.28. The summed E-state index contributed by atoms with van der Waals surface area (Å²) >= 11 is 0. The summed E-state index contributed by atoms with van der Waals surface area (Å²) in [5, 5.41) is 0. The molecule has 0 spiro atoms. The van der Waals surface area contributed by atoms with Crippen molar-refractivity contribution in [2.45, 2.75) is 13.8 Å². The number of anilines is 3. The SMILES string of the molecule is Cc1cc(C=Cc2ccccc2)ccc1-c1ccc(C=Cc2ccc(N(c3ccccc3)c3ccccc3)cc2)cc1C. The topological polar surface area (TPSA) is 3.24 Å². The molecule has 0 heterocycles. The normalized spacial score (nSPS) is 11.3. The fourth-order valence-electron chi connectivity index (χ4n) is 5.47. The highest BCUT2D eigenvalue weighted by Gasteiger charge is 2.11. The van der Waals surface area contributed by atoms with Crippen molar-refractivity contribution in [3.05, 3.63) is 185 Å². The zero-order valence-electron chi connectivity index (χ0n) is 24.7. The van der Waals surface area contributed by atoms with Gasteiger partial charge in [0.15, 0.2) is 0 Å². The lowest BCUT2D eigenvalue weighted by Crippen LogP contribution is -2.09. The summed E-state index contributed by atoms with van der Waals surface area (Å²) in [6, 6.07) is 53.6. The maximum Gasteiger partial charge on any atom is 0.0462 e. The Bertz CT molecular complexity index is 1810. The second kappa shape index (κ2) is 13.1. The molecule has 0 aliphatic heterocycles. The van der Waals surface area contributed by atoms with E-state index in [0.29, 0.717) is 0 Å². The quantitative estimate of drug-likeness (QED) is 0.169. The molecule has 0 unspecified atom stereocenters. The third-order valence-corrected chi connectivity index (χ3v) is 7.71. The number of aryl methyl sites for hydroxylation is 2. The average Bonchev–Trinajstić information content (AvgIpc) is 3.05. The van der Waals surface area contributed by atoms with Crippen LogP contribution in [0, 0.1) is 13.8 Å². The first-order valence-corrected chi connectivity index (χ1v) is 14.8. The first-order valence-electron chi connectivity index (χ1n) is 14.8. The predicted octanol–water partition coefficient (Wildman–Crippen LogP) is 11.8. The van der Waals surface area contributed by atoms with Gasteiger partial charge in [-0.3, -0.25) is 0 Å². The molecule has 0 bridgehead atoms. The Morgan fingerprint density at radius 1 is 0.349 bits per heavy atom. The van der Waals surface area contributed by atoms with Crippen molar-refractivity contribution in [2.24, 2.45) is 0 Å². The highest BCUT2D eigenvalue weighted by atomic mass is 15.1. The first kappa shape index (κ1) is 27.8. The van der Waals surface area contributed by atoms with Crippen LogP contribution in [-0.2, 0) is 0 Å². The van der Waals surface area contributed by atoms with Gasteiger partial charge in [0.25, 0.3) is 0 Å². The number of hydrogen-bond donors (Lipinski definition) is 0. The van der Waals surface area contributed by atoms with Gasteiger partial charge < -0.3 is 4.90 Å². The molecule has 1 heteroatoms. The molecular weight excluding hydrogens is 518 g/mol. The van der Waals surface area contributed by atoms with E-state index in [2.05, 4.69) is 189 Å². The Balaban J connectivity index is 1.18. The smallest absolute Gasteiger partial charge is 0.0462 e. The van der Waals surface area contributed by atoms with Gasteiger partial charge in [-0.15, -0.1) is 0 Å². The third kappa shape index (κ3) is 6.74. The number of para-hydroxylation sites is 2. The van der Waals surface area contributed by atoms with E-state index in [1.807, 2.05) is 6.07 Å². The summed E-state index contributed by atoms with van der Waals surface area (Å²) in [7, 11) is 0. The minimum Gasteiger partial charge on any atom is -0.311 e. The number of nitrogens with zero attached hydrogens (tertiary/aromatic N) is 1. The van der Waals surface area contributed by atoms with E-state index >= 15 is 0 Å². The maximum atomic E-state index is 2.28. The molecule has 1 nitrogen and oxygen atoms in total. The van der Waals surface area contributed by atoms with Crippen molar-refractivity contribution in [3.63, 3.8) is 0 Å². The molecule has 0 aromatic heterocycles. The van der Waals surface area contributed by atoms with Crippen LogP contribution in [0.4, 0.5) is 17.1 Å². The first-order chi connectivity index (χ1) is 21.1. The molecule has 43 heavy (non-hydrogen) atoms. The Kier molecular flexibility index (Phi) is 8.43. The van der Waals surface area contributed by atoms with E-state index in [0.717, 1.165) is 17.1 Å². The fraction of sp³-hybridized carbons (Fsp3) is 0.0476. The molecule has 0 aliphatic rings. The monoisotopic (exact) mass is 553 g/mol. The van der Waals surface area contributed by atoms with E-state index in [-0.39, 0.29) is 0 Å². The highest BCUT2D eigenvalue weighted by molar-refractivity contribution is 5.80. The van der Waals surface area contributed by atoms with Gasteiger partial charge in [-0.05, 0) is 94.8 Å². The van der Waals surface area contributed by atoms with Crippen molar-refractivity contribution in [1.82, 2.24) is 0 Å². The Morgan fingerprint density at radius 2 is 0.698 bits per heavy atom. The molecule has 6 aromatic carbocycles. The minimum absolute atomic E-state index is 1.13. The lowest BCUT2D eigenvalue weighted by Gasteiger charge is -2.25. The van der Waals surface area contributed by atoms with Gasteiger partial charge in [-0.1, -0.05) is 140 Å². The van der Waals surface area contributed by atoms with Crippen molar-refractivity contribution >= 4 is 41.4 Å². The van der Waals surface area contributed by atoms with Crippen LogP contribution in [0.2, 0.25) is 0 Å². The summed E-state index contributed by atoms with van der Waals surface area (Å²) in [5.74, 6) is 0. The van der Waals surface area contributed by atoms with Gasteiger partial charge >= 0.3 is 0 Å². The molecule has 0 saturated carbocycles. The molecule has 0 N–H and O–H groups in total. The van der Waals surface area contributed by atoms with Crippen LogP contribution >= 0.6 is 0 Å². The van der Waals surface area contributed by atoms with Gasteiger partial charge in [0.05, 0.1) is 0 Å². The van der Waals surface area contributed by atoms with Crippen molar-refractivity contribution < 1.29 is 0 Å². The molecule has 0 fully saturated rings. The van der Waals surface area contributed by atoms with Crippen molar-refractivity contribution in [2.75, 3.05) is 4.90 Å². The summed E-state index contributed by atoms with van der Waals surface area (Å²) < 4.78 is 0. The molecule has 0 aliphatic carbocycles. The van der Waals surface area contributed by atoms with Crippen LogP contribution in [0.3, 0.4) is 0 Å². The Hall–Kier alpha value is -5.40. The van der Waals surface area contributed by atoms with Gasteiger partial charge in [0, 0.05) is 17.1 Å². The van der Waals surface area contributed by atoms with Crippen LogP contribution in [-0.4, -0.2) is 0 Å². The predicted molar refractivity (Wildman–Crippen MR) is 187 cm³/mol. The van der Waals surface area contributed by atoms with Crippen LogP contribution in [0.25, 0.3) is 35.4 Å². The molecule has 0 radical (unpaired) electrons. The lowest BCUT2D eigenvalue weighted by atomic mass is 9.93. The molecule has 0 saturated heterocycles. The summed E-state index contributed by atoms with van der Waals surface area (Å²) in [6.07, 6.45) is 8.73. The zero-order valence-corrected chi connectivity index (χ0v) is 24.7. The summed E-state index contributed by atoms with van der Waals surface area (Å²) in [5.41, 5.74) is 13.3. The molecule has 0 atom stereocenters. The van der Waals surface area contributed by atoms with Crippen LogP contribution in [0.1, 0.15) is 33.4 Å². The number of benzene rings is 6. The Labute approximate surface area is 255 Å². The van der Waals surface area contributed by atoms with Gasteiger partial charge in [0.1, 0.15) is 0 Å². The van der Waals surface area contributed by atoms with E-state index in [1.165, 1.54) is 44.5 Å². The average molecular weight is 554 g/mol. The standard InChI is InChI=1S/C42H35N/c1-32-30-36(20-18-34-12-6-3-7-13-34)24-28-41(32)42-29-25-37(31-33(42)2)21-19-35-22-26-40(27-23-35)43(38-14-8-4-9-15-38)39-16-10-5-11-17-39/h3-31H,1-2H3. The van der Waals surface area contributed by atoms with Crippen molar-refractivity contribution in [3.8, 4) is 11.1 Å². The second-order valence-corrected chi connectivity index (χ2v) is 10.8. The van der Waals surface area contributed by atoms with Crippen LogP contribution in [0.5, 0.6) is 0 Å². The van der Waals surface area contributed by atoms with Crippen molar-refractivity contribution in [1.29, 1.82) is 0 Å².